The van der Waals surface area contributed by atoms with Gasteiger partial charge >= 0.3 is 6.18 Å². The van der Waals surface area contributed by atoms with Crippen molar-refractivity contribution in [2.75, 3.05) is 4.90 Å². The number of benzene rings is 1. The van der Waals surface area contributed by atoms with E-state index >= 15 is 0 Å². The molecule has 1 aromatic heterocycles. The standard InChI is InChI=1S/C17H15F4N3O2/c1-2-15(25)24(14-8-11(16(22)26)5-6-23-14)9-10-3-4-13(18)12(7-10)17(19,20)21/h3-8H,2,9H2,1H3,(H2,22,26). The Morgan fingerprint density at radius 3 is 2.46 bits per heavy atom. The lowest BCUT2D eigenvalue weighted by Gasteiger charge is -2.22. The molecule has 1 heterocycles. The summed E-state index contributed by atoms with van der Waals surface area (Å²) in [6.07, 6.45) is -3.54. The number of hydrogen-bond donors (Lipinski definition) is 1. The average Bonchev–Trinajstić information content (AvgIpc) is 2.59. The molecule has 0 aliphatic carbocycles. The van der Waals surface area contributed by atoms with Gasteiger partial charge in [0.05, 0.1) is 12.1 Å². The van der Waals surface area contributed by atoms with E-state index in [0.717, 1.165) is 11.0 Å². The van der Waals surface area contributed by atoms with Crippen molar-refractivity contribution < 1.29 is 27.2 Å². The van der Waals surface area contributed by atoms with Crippen LogP contribution in [0.3, 0.4) is 0 Å². The molecule has 1 aromatic carbocycles. The number of halogens is 4. The number of amides is 2. The molecular weight excluding hydrogens is 354 g/mol. The maximum atomic E-state index is 13.4. The number of nitrogens with zero attached hydrogens (tertiary/aromatic N) is 2. The molecule has 138 valence electrons. The van der Waals surface area contributed by atoms with Gasteiger partial charge in [-0.15, -0.1) is 0 Å². The molecule has 0 atom stereocenters. The number of carbonyl (C=O) groups is 2. The lowest BCUT2D eigenvalue weighted by Crippen LogP contribution is -2.31. The normalized spacial score (nSPS) is 11.3. The summed E-state index contributed by atoms with van der Waals surface area (Å²) in [6.45, 7) is 1.30. The van der Waals surface area contributed by atoms with Crippen LogP contribution in [-0.4, -0.2) is 16.8 Å². The van der Waals surface area contributed by atoms with Gasteiger partial charge in [-0.25, -0.2) is 9.37 Å². The van der Waals surface area contributed by atoms with E-state index in [1.54, 1.807) is 6.92 Å². The maximum absolute atomic E-state index is 13.4. The molecular formula is C17H15F4N3O2. The number of alkyl halides is 3. The minimum Gasteiger partial charge on any atom is -0.366 e. The number of primary amides is 1. The monoisotopic (exact) mass is 369 g/mol. The predicted octanol–water partition coefficient (Wildman–Crippen LogP) is 3.28. The van der Waals surface area contributed by atoms with Crippen molar-refractivity contribution in [3.8, 4) is 0 Å². The number of aromatic nitrogens is 1. The molecule has 0 saturated carbocycles. The number of rotatable bonds is 5. The largest absolute Gasteiger partial charge is 0.419 e. The number of nitrogens with two attached hydrogens (primary N) is 1. The molecule has 0 unspecified atom stereocenters. The van der Waals surface area contributed by atoms with Crippen molar-refractivity contribution in [3.63, 3.8) is 0 Å². The molecule has 2 aromatic rings. The van der Waals surface area contributed by atoms with Crippen LogP contribution in [0.4, 0.5) is 23.4 Å². The third-order valence-electron chi connectivity index (χ3n) is 3.59. The summed E-state index contributed by atoms with van der Waals surface area (Å²) in [5, 5.41) is 0. The van der Waals surface area contributed by atoms with Crippen LogP contribution >= 0.6 is 0 Å². The molecule has 5 nitrogen and oxygen atoms in total. The van der Waals surface area contributed by atoms with Gasteiger partial charge in [0.1, 0.15) is 11.6 Å². The Balaban J connectivity index is 2.43. The van der Waals surface area contributed by atoms with Gasteiger partial charge in [-0.05, 0) is 29.8 Å². The first-order chi connectivity index (χ1) is 12.1. The third-order valence-corrected chi connectivity index (χ3v) is 3.59. The molecule has 9 heteroatoms. The van der Waals surface area contributed by atoms with Gasteiger partial charge in [-0.2, -0.15) is 13.2 Å². The number of anilines is 1. The second-order valence-corrected chi connectivity index (χ2v) is 5.41. The highest BCUT2D eigenvalue weighted by Gasteiger charge is 2.34. The zero-order valence-electron chi connectivity index (χ0n) is 13.7. The molecule has 0 radical (unpaired) electrons. The quantitative estimate of drug-likeness (QED) is 0.822. The fraction of sp³-hybridized carbons (Fsp3) is 0.235. The number of hydrogen-bond acceptors (Lipinski definition) is 3. The van der Waals surface area contributed by atoms with E-state index in [0.29, 0.717) is 12.1 Å². The van der Waals surface area contributed by atoms with Crippen molar-refractivity contribution in [2.45, 2.75) is 26.1 Å². The van der Waals surface area contributed by atoms with E-state index in [2.05, 4.69) is 4.98 Å². The Morgan fingerprint density at radius 1 is 1.19 bits per heavy atom. The van der Waals surface area contributed by atoms with Crippen molar-refractivity contribution in [1.82, 2.24) is 4.98 Å². The SMILES string of the molecule is CCC(=O)N(Cc1ccc(F)c(C(F)(F)F)c1)c1cc(C(N)=O)ccn1. The third kappa shape index (κ3) is 4.35. The Morgan fingerprint density at radius 2 is 1.88 bits per heavy atom. The molecule has 0 aliphatic heterocycles. The minimum atomic E-state index is -4.86. The summed E-state index contributed by atoms with van der Waals surface area (Å²) in [5.74, 6) is -2.51. The van der Waals surface area contributed by atoms with Gasteiger partial charge in [0.2, 0.25) is 11.8 Å². The first-order valence-electron chi connectivity index (χ1n) is 7.55. The van der Waals surface area contributed by atoms with Gasteiger partial charge in [0, 0.05) is 18.2 Å². The fourth-order valence-corrected chi connectivity index (χ4v) is 2.28. The highest BCUT2D eigenvalue weighted by Crippen LogP contribution is 2.32. The summed E-state index contributed by atoms with van der Waals surface area (Å²) >= 11 is 0. The van der Waals surface area contributed by atoms with Crippen LogP contribution in [0.5, 0.6) is 0 Å². The first-order valence-corrected chi connectivity index (χ1v) is 7.55. The van der Waals surface area contributed by atoms with E-state index in [-0.39, 0.29) is 29.9 Å². The average molecular weight is 369 g/mol. The van der Waals surface area contributed by atoms with Gasteiger partial charge in [0.25, 0.3) is 0 Å². The summed E-state index contributed by atoms with van der Waals surface area (Å²) in [7, 11) is 0. The van der Waals surface area contributed by atoms with Crippen molar-refractivity contribution in [1.29, 1.82) is 0 Å². The molecule has 0 spiro atoms. The van der Waals surface area contributed by atoms with Gasteiger partial charge in [-0.3, -0.25) is 14.5 Å². The lowest BCUT2D eigenvalue weighted by atomic mass is 10.1. The zero-order chi connectivity index (χ0) is 19.5. The second kappa shape index (κ2) is 7.51. The van der Waals surface area contributed by atoms with E-state index in [9.17, 15) is 27.2 Å². The zero-order valence-corrected chi connectivity index (χ0v) is 13.7. The molecule has 0 aliphatic rings. The van der Waals surface area contributed by atoms with Crippen LogP contribution in [0.25, 0.3) is 0 Å². The van der Waals surface area contributed by atoms with Gasteiger partial charge < -0.3 is 5.73 Å². The van der Waals surface area contributed by atoms with Crippen LogP contribution in [0, 0.1) is 5.82 Å². The summed E-state index contributed by atoms with van der Waals surface area (Å²) in [5.41, 5.74) is 3.93. The summed E-state index contributed by atoms with van der Waals surface area (Å²) in [6, 6.07) is 5.10. The Hall–Kier alpha value is -2.97. The fourth-order valence-electron chi connectivity index (χ4n) is 2.28. The highest BCUT2D eigenvalue weighted by atomic mass is 19.4. The topological polar surface area (TPSA) is 76.3 Å². The van der Waals surface area contributed by atoms with E-state index < -0.39 is 29.4 Å². The van der Waals surface area contributed by atoms with Crippen molar-refractivity contribution in [3.05, 3.63) is 59.0 Å². The Kier molecular flexibility index (Phi) is 5.59. The molecule has 2 N–H and O–H groups in total. The van der Waals surface area contributed by atoms with Gasteiger partial charge in [-0.1, -0.05) is 13.0 Å². The van der Waals surface area contributed by atoms with E-state index in [4.69, 9.17) is 5.73 Å². The van der Waals surface area contributed by atoms with Gasteiger partial charge in [0.15, 0.2) is 0 Å². The van der Waals surface area contributed by atoms with Crippen molar-refractivity contribution in [2.24, 2.45) is 5.73 Å². The highest BCUT2D eigenvalue weighted by molar-refractivity contribution is 5.96. The Bertz CT molecular complexity index is 837. The van der Waals surface area contributed by atoms with Crippen LogP contribution in [0.1, 0.15) is 34.8 Å². The number of pyridine rings is 1. The maximum Gasteiger partial charge on any atom is 0.419 e. The van der Waals surface area contributed by atoms with Crippen molar-refractivity contribution >= 4 is 17.6 Å². The smallest absolute Gasteiger partial charge is 0.366 e. The van der Waals surface area contributed by atoms with E-state index in [1.165, 1.54) is 18.3 Å². The first kappa shape index (κ1) is 19.4. The van der Waals surface area contributed by atoms with Crippen LogP contribution < -0.4 is 10.6 Å². The van der Waals surface area contributed by atoms with Crippen LogP contribution in [-0.2, 0) is 17.5 Å². The molecule has 2 rings (SSSR count). The lowest BCUT2D eigenvalue weighted by molar-refractivity contribution is -0.140. The number of carbonyl (C=O) groups excluding carboxylic acids is 2. The molecule has 0 saturated heterocycles. The molecule has 0 bridgehead atoms. The minimum absolute atomic E-state index is 0.0514. The van der Waals surface area contributed by atoms with E-state index in [1.807, 2.05) is 0 Å². The second-order valence-electron chi connectivity index (χ2n) is 5.41. The summed E-state index contributed by atoms with van der Waals surface area (Å²) in [4.78, 5) is 28.6. The molecule has 0 fully saturated rings. The molecule has 2 amide bonds. The predicted molar refractivity (Wildman–Crippen MR) is 85.6 cm³/mol. The van der Waals surface area contributed by atoms with Crippen LogP contribution in [0.2, 0.25) is 0 Å². The molecule has 26 heavy (non-hydrogen) atoms. The Labute approximate surface area is 146 Å². The summed E-state index contributed by atoms with van der Waals surface area (Å²) < 4.78 is 52.0. The van der Waals surface area contributed by atoms with Crippen LogP contribution in [0.15, 0.2) is 36.5 Å².